The summed E-state index contributed by atoms with van der Waals surface area (Å²) in [6.45, 7) is 0. The molecule has 0 radical (unpaired) electrons. The Labute approximate surface area is 189 Å². The van der Waals surface area contributed by atoms with Crippen molar-refractivity contribution in [3.63, 3.8) is 0 Å². The van der Waals surface area contributed by atoms with Crippen LogP contribution in [0.1, 0.15) is 23.5 Å². The van der Waals surface area contributed by atoms with E-state index in [4.69, 9.17) is 11.6 Å². The van der Waals surface area contributed by atoms with Gasteiger partial charge in [-0.2, -0.15) is 0 Å². The number of para-hydroxylation sites is 1. The Bertz CT molecular complexity index is 1200. The molecule has 0 bridgehead atoms. The number of carboxylic acids is 1. The lowest BCUT2D eigenvalue weighted by molar-refractivity contribution is -0.150. The highest BCUT2D eigenvalue weighted by Crippen LogP contribution is 2.36. The van der Waals surface area contributed by atoms with Gasteiger partial charge in [-0.1, -0.05) is 78.0 Å². The van der Waals surface area contributed by atoms with Crippen LogP contribution in [0.4, 0.5) is 4.39 Å². The molecule has 0 saturated carbocycles. The zero-order chi connectivity index (χ0) is 22.8. The molecule has 3 aromatic rings. The Balaban J connectivity index is 1.58. The first-order valence-corrected chi connectivity index (χ1v) is 10.5. The van der Waals surface area contributed by atoms with E-state index in [1.54, 1.807) is 30.5 Å². The molecule has 1 aliphatic carbocycles. The van der Waals surface area contributed by atoms with Gasteiger partial charge in [-0.05, 0) is 17.2 Å². The van der Waals surface area contributed by atoms with Gasteiger partial charge in [-0.3, -0.25) is 0 Å². The van der Waals surface area contributed by atoms with E-state index in [0.717, 1.165) is 16.5 Å². The average molecular weight is 453 g/mol. The lowest BCUT2D eigenvalue weighted by Gasteiger charge is -2.29. The quantitative estimate of drug-likeness (QED) is 0.143. The average Bonchev–Trinajstić information content (AvgIpc) is 3.21. The second-order valence-electron chi connectivity index (χ2n) is 7.95. The topological polar surface area (TPSA) is 85.7 Å². The Morgan fingerprint density at radius 3 is 2.44 bits per heavy atom. The maximum absolute atomic E-state index is 15.8. The zero-order valence-corrected chi connectivity index (χ0v) is 17.8. The molecule has 0 amide bonds. The summed E-state index contributed by atoms with van der Waals surface area (Å²) in [7, 11) is 0. The summed E-state index contributed by atoms with van der Waals surface area (Å²) in [5.41, 5.74) is -0.545. The van der Waals surface area contributed by atoms with Gasteiger partial charge in [0.2, 0.25) is 5.67 Å². The predicted octanol–water partition coefficient (Wildman–Crippen LogP) is 5.61. The highest BCUT2D eigenvalue weighted by molar-refractivity contribution is 6.39. The van der Waals surface area contributed by atoms with Crippen LogP contribution in [0.25, 0.3) is 10.9 Å². The first kappa shape index (κ1) is 21.8. The highest BCUT2D eigenvalue weighted by atomic mass is 35.5. The number of allylic oxidation sites excluding steroid dienone is 4. The third-order valence-electron chi connectivity index (χ3n) is 5.82. The highest BCUT2D eigenvalue weighted by Gasteiger charge is 2.45. The number of oxime groups is 1. The first-order chi connectivity index (χ1) is 15.3. The van der Waals surface area contributed by atoms with E-state index in [0.29, 0.717) is 5.56 Å². The summed E-state index contributed by atoms with van der Waals surface area (Å²) in [6, 6.07) is 17.0. The van der Waals surface area contributed by atoms with Crippen molar-refractivity contribution in [3.8, 4) is 0 Å². The number of hydrogen-bond donors (Lipinski definition) is 3. The fraction of sp³-hybridized carbons (Fsp3) is 0.200. The number of carbonyl (C=O) groups is 1. The maximum atomic E-state index is 15.8. The van der Waals surface area contributed by atoms with Gasteiger partial charge < -0.3 is 15.3 Å². The number of nitrogens with one attached hydrogen (secondary N) is 1. The van der Waals surface area contributed by atoms with Crippen molar-refractivity contribution in [2.75, 3.05) is 0 Å². The number of carboxylic acid groups (broad SMARTS) is 1. The number of hydrogen-bond acceptors (Lipinski definition) is 3. The van der Waals surface area contributed by atoms with Gasteiger partial charge in [0.05, 0.1) is 5.71 Å². The number of fused-ring (bicyclic) bond motifs is 1. The van der Waals surface area contributed by atoms with Crippen molar-refractivity contribution in [3.05, 3.63) is 96.2 Å². The van der Waals surface area contributed by atoms with Crippen LogP contribution in [-0.2, 0) is 11.2 Å². The number of benzene rings is 2. The van der Waals surface area contributed by atoms with Crippen LogP contribution in [0, 0.1) is 0 Å². The van der Waals surface area contributed by atoms with E-state index in [9.17, 15) is 15.1 Å². The number of rotatable bonds is 7. The number of aliphatic carboxylic acids is 1. The first-order valence-electron chi connectivity index (χ1n) is 10.2. The van der Waals surface area contributed by atoms with Gasteiger partial charge in [0, 0.05) is 35.9 Å². The van der Waals surface area contributed by atoms with Crippen LogP contribution < -0.4 is 0 Å². The summed E-state index contributed by atoms with van der Waals surface area (Å²) in [5, 5.41) is 23.3. The van der Waals surface area contributed by atoms with Gasteiger partial charge in [0.1, 0.15) is 4.87 Å². The number of alkyl halides is 2. The summed E-state index contributed by atoms with van der Waals surface area (Å²) >= 11 is 6.65. The molecule has 1 aromatic heterocycles. The molecule has 0 fully saturated rings. The smallest absolute Gasteiger partial charge is 0.342 e. The summed E-state index contributed by atoms with van der Waals surface area (Å²) in [6.07, 6.45) is 7.39. The standard InChI is InChI=1S/C25H22ClFN2O3/c26-24(12-10-18(11-13-24)17-6-2-1-3-7-17)22(29-32)15-25(27,23(30)31)14-19-16-28-21-9-5-4-8-20(19)21/h1-13,16,18,28,32H,14-15H2,(H,30,31)/b29-22+. The lowest BCUT2D eigenvalue weighted by Crippen LogP contribution is -2.43. The van der Waals surface area contributed by atoms with Crippen molar-refractivity contribution in [1.29, 1.82) is 0 Å². The Hall–Kier alpha value is -3.38. The molecule has 3 N–H and O–H groups in total. The molecule has 1 heterocycles. The van der Waals surface area contributed by atoms with Gasteiger partial charge in [0.15, 0.2) is 0 Å². The second-order valence-corrected chi connectivity index (χ2v) is 8.58. The van der Waals surface area contributed by atoms with Crippen molar-refractivity contribution < 1.29 is 19.5 Å². The molecule has 1 unspecified atom stereocenters. The number of aromatic nitrogens is 1. The van der Waals surface area contributed by atoms with Crippen molar-refractivity contribution >= 4 is 34.2 Å². The largest absolute Gasteiger partial charge is 0.479 e. The molecule has 0 spiro atoms. The Morgan fingerprint density at radius 1 is 1.12 bits per heavy atom. The Morgan fingerprint density at radius 2 is 1.78 bits per heavy atom. The number of H-pyrrole nitrogens is 1. The van der Waals surface area contributed by atoms with Crippen LogP contribution in [-0.4, -0.2) is 37.5 Å². The van der Waals surface area contributed by atoms with Crippen molar-refractivity contribution in [1.82, 2.24) is 4.98 Å². The molecule has 164 valence electrons. The number of aromatic amines is 1. The molecule has 7 heteroatoms. The van der Waals surface area contributed by atoms with Crippen molar-refractivity contribution in [2.45, 2.75) is 29.3 Å². The second kappa shape index (κ2) is 8.63. The molecular weight excluding hydrogens is 431 g/mol. The number of nitrogens with zero attached hydrogens (tertiary/aromatic N) is 1. The molecule has 0 aliphatic heterocycles. The molecule has 1 aliphatic rings. The van der Waals surface area contributed by atoms with E-state index in [2.05, 4.69) is 10.1 Å². The molecular formula is C25H22ClFN2O3. The molecule has 1 atom stereocenters. The van der Waals surface area contributed by atoms with Crippen LogP contribution in [0.2, 0.25) is 0 Å². The summed E-state index contributed by atoms with van der Waals surface area (Å²) < 4.78 is 15.8. The summed E-state index contributed by atoms with van der Waals surface area (Å²) in [4.78, 5) is 13.6. The maximum Gasteiger partial charge on any atom is 0.342 e. The SMILES string of the molecule is O=C(O)C(F)(C/C(=N\O)C1(Cl)C=CC(c2ccccc2)C=C1)Cc1c[nH]c2ccccc12. The van der Waals surface area contributed by atoms with E-state index >= 15 is 4.39 Å². The third kappa shape index (κ3) is 4.18. The van der Waals surface area contributed by atoms with Gasteiger partial charge in [-0.25, -0.2) is 9.18 Å². The third-order valence-corrected chi connectivity index (χ3v) is 6.29. The van der Waals surface area contributed by atoms with Crippen LogP contribution in [0.3, 0.4) is 0 Å². The lowest BCUT2D eigenvalue weighted by atomic mass is 9.83. The van der Waals surface area contributed by atoms with E-state index in [1.807, 2.05) is 54.6 Å². The summed E-state index contributed by atoms with van der Waals surface area (Å²) in [5.74, 6) is -1.68. The minimum absolute atomic E-state index is 0.0381. The number of halogens is 2. The molecule has 5 nitrogen and oxygen atoms in total. The molecule has 4 rings (SSSR count). The van der Waals surface area contributed by atoms with E-state index in [1.165, 1.54) is 0 Å². The van der Waals surface area contributed by atoms with Crippen molar-refractivity contribution in [2.24, 2.45) is 5.16 Å². The molecule has 32 heavy (non-hydrogen) atoms. The molecule has 0 saturated heterocycles. The zero-order valence-electron chi connectivity index (χ0n) is 17.1. The van der Waals surface area contributed by atoms with Crippen LogP contribution in [0.15, 0.2) is 90.3 Å². The normalized spacial score (nSPS) is 22.7. The molecule has 2 aromatic carbocycles. The fourth-order valence-corrected chi connectivity index (χ4v) is 4.25. The van der Waals surface area contributed by atoms with E-state index in [-0.39, 0.29) is 11.6 Å². The Kier molecular flexibility index (Phi) is 5.89. The monoisotopic (exact) mass is 452 g/mol. The predicted molar refractivity (Wildman–Crippen MR) is 123 cm³/mol. The van der Waals surface area contributed by atoms with E-state index < -0.39 is 29.4 Å². The van der Waals surface area contributed by atoms with Gasteiger partial charge >= 0.3 is 5.97 Å². The fourth-order valence-electron chi connectivity index (χ4n) is 4.00. The van der Waals surface area contributed by atoms with Gasteiger partial charge in [-0.15, -0.1) is 11.6 Å². The van der Waals surface area contributed by atoms with Crippen LogP contribution in [0.5, 0.6) is 0 Å². The minimum atomic E-state index is -2.72. The van der Waals surface area contributed by atoms with Crippen LogP contribution >= 0.6 is 11.6 Å². The van der Waals surface area contributed by atoms with Gasteiger partial charge in [0.25, 0.3) is 0 Å². The minimum Gasteiger partial charge on any atom is -0.479 e.